The van der Waals surface area contributed by atoms with Crippen molar-refractivity contribution in [2.24, 2.45) is 5.92 Å². The van der Waals surface area contributed by atoms with E-state index < -0.39 is 5.92 Å². The van der Waals surface area contributed by atoms with Crippen LogP contribution in [0.25, 0.3) is 5.82 Å². The zero-order valence-corrected chi connectivity index (χ0v) is 18.9. The molecule has 1 atom stereocenters. The third-order valence-electron chi connectivity index (χ3n) is 5.62. The number of nitrogens with one attached hydrogen (secondary N) is 1. The molecule has 2 aromatic heterocycles. The predicted octanol–water partition coefficient (Wildman–Crippen LogP) is 3.45. The second-order valence-corrected chi connectivity index (χ2v) is 7.90. The number of anilines is 2. The van der Waals surface area contributed by atoms with Gasteiger partial charge in [-0.05, 0) is 48.5 Å². The van der Waals surface area contributed by atoms with Gasteiger partial charge < -0.3 is 19.7 Å². The first-order chi connectivity index (χ1) is 17.1. The van der Waals surface area contributed by atoms with Gasteiger partial charge in [0.25, 0.3) is 0 Å². The second kappa shape index (κ2) is 9.64. The van der Waals surface area contributed by atoms with Crippen molar-refractivity contribution in [2.45, 2.75) is 6.42 Å². The Balaban J connectivity index is 1.19. The molecule has 1 unspecified atom stereocenters. The largest absolute Gasteiger partial charge is 0.497 e. The summed E-state index contributed by atoms with van der Waals surface area (Å²) in [6.45, 7) is 0.325. The molecule has 10 nitrogen and oxygen atoms in total. The molecule has 1 aliphatic rings. The van der Waals surface area contributed by atoms with E-state index in [4.69, 9.17) is 9.47 Å². The fourth-order valence-corrected chi connectivity index (χ4v) is 3.79. The average molecular weight is 470 g/mol. The average Bonchev–Trinajstić information content (AvgIpc) is 3.56. The van der Waals surface area contributed by atoms with Crippen molar-refractivity contribution in [3.63, 3.8) is 0 Å². The number of imidazole rings is 1. The standard InChI is InChI=1S/C25H22N6O4/c1-34-20-8-4-19(5-9-20)31-14-17(12-24(31)32)25(33)29-18-2-6-21(7-3-18)35-23-13-22(27-15-28-23)30-11-10-26-16-30/h2-11,13,15-17H,12,14H2,1H3,(H,29,33). The number of nitrogens with zero attached hydrogens (tertiary/aromatic N) is 5. The third kappa shape index (κ3) is 4.96. The van der Waals surface area contributed by atoms with Gasteiger partial charge in [0.05, 0.1) is 13.0 Å². The molecule has 0 radical (unpaired) electrons. The van der Waals surface area contributed by atoms with Crippen LogP contribution in [0.2, 0.25) is 0 Å². The Morgan fingerprint density at radius 1 is 1.06 bits per heavy atom. The van der Waals surface area contributed by atoms with Gasteiger partial charge in [0.15, 0.2) is 0 Å². The van der Waals surface area contributed by atoms with Crippen molar-refractivity contribution in [3.05, 3.63) is 79.6 Å². The summed E-state index contributed by atoms with van der Waals surface area (Å²) in [7, 11) is 1.59. The van der Waals surface area contributed by atoms with Gasteiger partial charge >= 0.3 is 0 Å². The van der Waals surface area contributed by atoms with E-state index in [1.807, 2.05) is 12.1 Å². The Hall–Kier alpha value is -4.73. The summed E-state index contributed by atoms with van der Waals surface area (Å²) in [5.41, 5.74) is 1.35. The molecular formula is C25H22N6O4. The summed E-state index contributed by atoms with van der Waals surface area (Å²) in [6.07, 6.45) is 6.65. The molecule has 10 heteroatoms. The first kappa shape index (κ1) is 22.1. The molecule has 176 valence electrons. The fourth-order valence-electron chi connectivity index (χ4n) is 3.79. The number of benzene rings is 2. The van der Waals surface area contributed by atoms with Crippen LogP contribution in [0.1, 0.15) is 6.42 Å². The minimum absolute atomic E-state index is 0.0843. The van der Waals surface area contributed by atoms with Gasteiger partial charge in [0, 0.05) is 42.8 Å². The zero-order chi connectivity index (χ0) is 24.2. The van der Waals surface area contributed by atoms with Crippen LogP contribution in [-0.4, -0.2) is 45.0 Å². The Morgan fingerprint density at radius 3 is 2.54 bits per heavy atom. The number of amides is 2. The van der Waals surface area contributed by atoms with Crippen LogP contribution in [0.3, 0.4) is 0 Å². The normalized spacial score (nSPS) is 15.2. The number of hydrogen-bond donors (Lipinski definition) is 1. The highest BCUT2D eigenvalue weighted by atomic mass is 16.5. The maximum atomic E-state index is 12.8. The predicted molar refractivity (Wildman–Crippen MR) is 128 cm³/mol. The molecule has 1 aliphatic heterocycles. The van der Waals surface area contributed by atoms with E-state index in [1.165, 1.54) is 6.33 Å². The van der Waals surface area contributed by atoms with E-state index in [9.17, 15) is 9.59 Å². The smallest absolute Gasteiger partial charge is 0.229 e. The van der Waals surface area contributed by atoms with Crippen LogP contribution in [0.5, 0.6) is 17.4 Å². The molecule has 0 spiro atoms. The zero-order valence-electron chi connectivity index (χ0n) is 18.9. The molecule has 2 amide bonds. The molecule has 0 saturated carbocycles. The molecule has 2 aromatic carbocycles. The van der Waals surface area contributed by atoms with Crippen molar-refractivity contribution < 1.29 is 19.1 Å². The van der Waals surface area contributed by atoms with Crippen LogP contribution in [0, 0.1) is 5.92 Å². The van der Waals surface area contributed by atoms with Gasteiger partial charge in [-0.2, -0.15) is 0 Å². The molecule has 3 heterocycles. The van der Waals surface area contributed by atoms with Crippen molar-refractivity contribution in [2.75, 3.05) is 23.9 Å². The molecule has 4 aromatic rings. The van der Waals surface area contributed by atoms with Crippen molar-refractivity contribution in [1.29, 1.82) is 0 Å². The van der Waals surface area contributed by atoms with Gasteiger partial charge in [0.2, 0.25) is 17.7 Å². The van der Waals surface area contributed by atoms with Crippen molar-refractivity contribution in [1.82, 2.24) is 19.5 Å². The number of carbonyl (C=O) groups excluding carboxylic acids is 2. The highest BCUT2D eigenvalue weighted by Crippen LogP contribution is 2.28. The lowest BCUT2D eigenvalue weighted by atomic mass is 10.1. The van der Waals surface area contributed by atoms with Crippen LogP contribution in [0.15, 0.2) is 79.6 Å². The van der Waals surface area contributed by atoms with Gasteiger partial charge in [0.1, 0.15) is 30.0 Å². The first-order valence-corrected chi connectivity index (χ1v) is 10.9. The Morgan fingerprint density at radius 2 is 1.83 bits per heavy atom. The summed E-state index contributed by atoms with van der Waals surface area (Å²) < 4.78 is 12.7. The number of hydrogen-bond acceptors (Lipinski definition) is 7. The first-order valence-electron chi connectivity index (χ1n) is 10.9. The second-order valence-electron chi connectivity index (χ2n) is 7.90. The van der Waals surface area contributed by atoms with E-state index in [-0.39, 0.29) is 18.2 Å². The summed E-state index contributed by atoms with van der Waals surface area (Å²) in [5.74, 6) is 1.54. The highest BCUT2D eigenvalue weighted by molar-refractivity contribution is 6.03. The summed E-state index contributed by atoms with van der Waals surface area (Å²) in [6, 6.07) is 15.8. The Bertz CT molecular complexity index is 1320. The highest BCUT2D eigenvalue weighted by Gasteiger charge is 2.35. The monoisotopic (exact) mass is 470 g/mol. The van der Waals surface area contributed by atoms with Crippen LogP contribution >= 0.6 is 0 Å². The molecule has 0 aliphatic carbocycles. The van der Waals surface area contributed by atoms with Crippen molar-refractivity contribution >= 4 is 23.2 Å². The van der Waals surface area contributed by atoms with E-state index in [0.717, 1.165) is 5.69 Å². The van der Waals surface area contributed by atoms with E-state index >= 15 is 0 Å². The molecule has 1 saturated heterocycles. The molecule has 35 heavy (non-hydrogen) atoms. The number of carbonyl (C=O) groups is 2. The topological polar surface area (TPSA) is 111 Å². The van der Waals surface area contributed by atoms with Crippen molar-refractivity contribution in [3.8, 4) is 23.2 Å². The Labute approximate surface area is 201 Å². The lowest BCUT2D eigenvalue weighted by Gasteiger charge is -2.17. The number of aromatic nitrogens is 4. The molecule has 5 rings (SSSR count). The lowest BCUT2D eigenvalue weighted by Crippen LogP contribution is -2.28. The van der Waals surface area contributed by atoms with E-state index in [0.29, 0.717) is 35.4 Å². The van der Waals surface area contributed by atoms with Gasteiger partial charge in [-0.15, -0.1) is 0 Å². The van der Waals surface area contributed by atoms with Crippen LogP contribution in [0.4, 0.5) is 11.4 Å². The molecule has 1 N–H and O–H groups in total. The molecular weight excluding hydrogens is 448 g/mol. The van der Waals surface area contributed by atoms with Gasteiger partial charge in [-0.25, -0.2) is 15.0 Å². The number of methoxy groups -OCH3 is 1. The SMILES string of the molecule is COc1ccc(N2CC(C(=O)Nc3ccc(Oc4cc(-n5ccnc5)ncn4)cc3)CC2=O)cc1. The van der Waals surface area contributed by atoms with Crippen LogP contribution in [-0.2, 0) is 9.59 Å². The van der Waals surface area contributed by atoms with E-state index in [1.54, 1.807) is 77.8 Å². The third-order valence-corrected chi connectivity index (χ3v) is 5.62. The minimum atomic E-state index is -0.442. The van der Waals surface area contributed by atoms with Gasteiger partial charge in [-0.3, -0.25) is 14.2 Å². The number of ether oxygens (including phenoxy) is 2. The summed E-state index contributed by atoms with van der Waals surface area (Å²) in [5, 5.41) is 2.88. The summed E-state index contributed by atoms with van der Waals surface area (Å²) in [4.78, 5) is 39.3. The fraction of sp³-hybridized carbons (Fsp3) is 0.160. The lowest BCUT2D eigenvalue weighted by molar-refractivity contribution is -0.122. The maximum Gasteiger partial charge on any atom is 0.229 e. The quantitative estimate of drug-likeness (QED) is 0.440. The minimum Gasteiger partial charge on any atom is -0.497 e. The van der Waals surface area contributed by atoms with Gasteiger partial charge in [-0.1, -0.05) is 0 Å². The number of rotatable bonds is 7. The van der Waals surface area contributed by atoms with E-state index in [2.05, 4.69) is 20.3 Å². The molecule has 0 bridgehead atoms. The Kier molecular flexibility index (Phi) is 6.08. The van der Waals surface area contributed by atoms with Crippen LogP contribution < -0.4 is 19.7 Å². The molecule has 1 fully saturated rings. The maximum absolute atomic E-state index is 12.8. The summed E-state index contributed by atoms with van der Waals surface area (Å²) >= 11 is 0.